The Labute approximate surface area is 46.3 Å². The van der Waals surface area contributed by atoms with Crippen LogP contribution in [0.5, 0.6) is 0 Å². The van der Waals surface area contributed by atoms with Crippen molar-refractivity contribution in [1.82, 2.24) is 0 Å². The van der Waals surface area contributed by atoms with Crippen LogP contribution in [0.2, 0.25) is 0 Å². The van der Waals surface area contributed by atoms with Crippen molar-refractivity contribution in [3.8, 4) is 0 Å². The molecular weight excluding hydrogens is 106 g/mol. The Morgan fingerprint density at radius 3 is 2.75 bits per heavy atom. The molecule has 8 heavy (non-hydrogen) atoms. The van der Waals surface area contributed by atoms with Crippen molar-refractivity contribution in [1.29, 1.82) is 0 Å². The summed E-state index contributed by atoms with van der Waals surface area (Å²) in [5.74, 6) is 0.141. The van der Waals surface area contributed by atoms with E-state index >= 15 is 0 Å². The number of furan rings is 1. The van der Waals surface area contributed by atoms with Crippen LogP contribution in [0.25, 0.3) is 0 Å². The molecule has 0 fully saturated rings. The molecule has 3 nitrogen and oxygen atoms in total. The summed E-state index contributed by atoms with van der Waals surface area (Å²) in [5.41, 5.74) is 0.916. The first kappa shape index (κ1) is 5.03. The maximum absolute atomic E-state index is 9.68. The van der Waals surface area contributed by atoms with Crippen molar-refractivity contribution < 1.29 is 4.42 Å². The van der Waals surface area contributed by atoms with Crippen LogP contribution in [-0.4, -0.2) is 0 Å². The third-order valence-corrected chi connectivity index (χ3v) is 0.807. The SMILES string of the molecule is Cc1coc(N=O)c1. The molecule has 0 N–H and O–H groups in total. The van der Waals surface area contributed by atoms with Crippen LogP contribution in [0.1, 0.15) is 5.56 Å². The van der Waals surface area contributed by atoms with E-state index in [1.807, 2.05) is 6.92 Å². The lowest BCUT2D eigenvalue weighted by Crippen LogP contribution is -1.50. The van der Waals surface area contributed by atoms with Crippen molar-refractivity contribution in [2.45, 2.75) is 6.92 Å². The van der Waals surface area contributed by atoms with Crippen LogP contribution in [0.4, 0.5) is 5.88 Å². The average molecular weight is 111 g/mol. The van der Waals surface area contributed by atoms with Gasteiger partial charge in [-0.15, -0.1) is 4.91 Å². The largest absolute Gasteiger partial charge is 0.444 e. The van der Waals surface area contributed by atoms with Crippen LogP contribution in [-0.2, 0) is 0 Å². The smallest absolute Gasteiger partial charge is 0.260 e. The lowest BCUT2D eigenvalue weighted by molar-refractivity contribution is 0.575. The van der Waals surface area contributed by atoms with Gasteiger partial charge in [0.2, 0.25) is 0 Å². The van der Waals surface area contributed by atoms with Crippen LogP contribution in [0, 0.1) is 11.8 Å². The minimum Gasteiger partial charge on any atom is -0.444 e. The average Bonchev–Trinajstić information content (AvgIpc) is 2.14. The Bertz CT molecular complexity index is 192. The van der Waals surface area contributed by atoms with Crippen molar-refractivity contribution >= 4 is 5.88 Å². The predicted molar refractivity (Wildman–Crippen MR) is 28.9 cm³/mol. The molecule has 0 aliphatic rings. The van der Waals surface area contributed by atoms with E-state index in [1.165, 1.54) is 6.26 Å². The highest BCUT2D eigenvalue weighted by Gasteiger charge is 1.93. The van der Waals surface area contributed by atoms with Gasteiger partial charge in [0.25, 0.3) is 5.88 Å². The molecule has 0 saturated heterocycles. The highest BCUT2D eigenvalue weighted by molar-refractivity contribution is 5.26. The molecule has 1 aromatic rings. The molecule has 1 heterocycles. The Kier molecular flexibility index (Phi) is 1.12. The summed E-state index contributed by atoms with van der Waals surface area (Å²) in [5, 5.41) is 2.57. The summed E-state index contributed by atoms with van der Waals surface area (Å²) in [6, 6.07) is 1.58. The number of nitroso groups, excluding NO2 is 1. The van der Waals surface area contributed by atoms with Gasteiger partial charge in [-0.05, 0) is 12.5 Å². The zero-order chi connectivity index (χ0) is 5.98. The quantitative estimate of drug-likeness (QED) is 0.520. The van der Waals surface area contributed by atoms with E-state index in [-0.39, 0.29) is 5.88 Å². The molecular formula is C5H5NO2. The van der Waals surface area contributed by atoms with E-state index in [9.17, 15) is 4.91 Å². The Morgan fingerprint density at radius 1 is 1.75 bits per heavy atom. The van der Waals surface area contributed by atoms with Gasteiger partial charge in [0.05, 0.1) is 6.26 Å². The minimum absolute atomic E-state index is 0.141. The normalized spacial score (nSPS) is 9.12. The molecule has 0 atom stereocenters. The van der Waals surface area contributed by atoms with Crippen LogP contribution in [0.15, 0.2) is 21.9 Å². The van der Waals surface area contributed by atoms with E-state index in [1.54, 1.807) is 6.07 Å². The fourth-order valence-corrected chi connectivity index (χ4v) is 0.464. The topological polar surface area (TPSA) is 42.6 Å². The summed E-state index contributed by atoms with van der Waals surface area (Å²) in [7, 11) is 0. The number of hydrogen-bond acceptors (Lipinski definition) is 3. The van der Waals surface area contributed by atoms with Gasteiger partial charge in [0.1, 0.15) is 0 Å². The first-order valence-corrected chi connectivity index (χ1v) is 2.21. The first-order valence-electron chi connectivity index (χ1n) is 2.21. The van der Waals surface area contributed by atoms with E-state index in [2.05, 4.69) is 9.59 Å². The molecule has 42 valence electrons. The summed E-state index contributed by atoms with van der Waals surface area (Å²) in [4.78, 5) is 9.68. The highest BCUT2D eigenvalue weighted by atomic mass is 16.4. The molecule has 1 aromatic heterocycles. The molecule has 0 bridgehead atoms. The van der Waals surface area contributed by atoms with Crippen LogP contribution < -0.4 is 0 Å². The minimum atomic E-state index is 0.141. The van der Waals surface area contributed by atoms with Gasteiger partial charge >= 0.3 is 0 Å². The van der Waals surface area contributed by atoms with E-state index in [4.69, 9.17) is 0 Å². The summed E-state index contributed by atoms with van der Waals surface area (Å²) >= 11 is 0. The third-order valence-electron chi connectivity index (χ3n) is 0.807. The van der Waals surface area contributed by atoms with Crippen molar-refractivity contribution in [2.75, 3.05) is 0 Å². The Balaban J connectivity index is 3.00. The molecule has 3 heteroatoms. The van der Waals surface area contributed by atoms with E-state index in [0.717, 1.165) is 5.56 Å². The van der Waals surface area contributed by atoms with Gasteiger partial charge in [0.15, 0.2) is 0 Å². The van der Waals surface area contributed by atoms with Crippen molar-refractivity contribution in [3.63, 3.8) is 0 Å². The maximum Gasteiger partial charge on any atom is 0.260 e. The summed E-state index contributed by atoms with van der Waals surface area (Å²) in [6.07, 6.45) is 1.48. The molecule has 0 aliphatic carbocycles. The van der Waals surface area contributed by atoms with E-state index in [0.29, 0.717) is 0 Å². The van der Waals surface area contributed by atoms with Gasteiger partial charge in [0, 0.05) is 11.2 Å². The van der Waals surface area contributed by atoms with Crippen LogP contribution in [0.3, 0.4) is 0 Å². The standard InChI is InChI=1S/C5H5NO2/c1-4-2-5(6-7)8-3-4/h2-3H,1H3. The maximum atomic E-state index is 9.68. The summed E-state index contributed by atoms with van der Waals surface area (Å²) in [6.45, 7) is 1.83. The lowest BCUT2D eigenvalue weighted by atomic mass is 10.4. The van der Waals surface area contributed by atoms with Gasteiger partial charge in [-0.1, -0.05) is 0 Å². The molecule has 0 radical (unpaired) electrons. The molecule has 0 amide bonds. The monoisotopic (exact) mass is 111 g/mol. The van der Waals surface area contributed by atoms with Gasteiger partial charge in [-0.25, -0.2) is 0 Å². The zero-order valence-electron chi connectivity index (χ0n) is 4.42. The second-order valence-corrected chi connectivity index (χ2v) is 1.55. The van der Waals surface area contributed by atoms with Crippen molar-refractivity contribution in [3.05, 3.63) is 22.8 Å². The number of aryl methyl sites for hydroxylation is 1. The Hall–Kier alpha value is -1.12. The summed E-state index contributed by atoms with van der Waals surface area (Å²) < 4.78 is 4.63. The second-order valence-electron chi connectivity index (χ2n) is 1.55. The van der Waals surface area contributed by atoms with Gasteiger partial charge < -0.3 is 4.42 Å². The molecule has 0 aliphatic heterocycles. The lowest BCUT2D eigenvalue weighted by Gasteiger charge is -1.67. The predicted octanol–water partition coefficient (Wildman–Crippen LogP) is 1.99. The van der Waals surface area contributed by atoms with Gasteiger partial charge in [-0.2, -0.15) is 0 Å². The van der Waals surface area contributed by atoms with Crippen LogP contribution >= 0.6 is 0 Å². The second kappa shape index (κ2) is 1.78. The number of nitrogens with zero attached hydrogens (tertiary/aromatic N) is 1. The van der Waals surface area contributed by atoms with E-state index < -0.39 is 0 Å². The third kappa shape index (κ3) is 0.753. The Morgan fingerprint density at radius 2 is 2.50 bits per heavy atom. The molecule has 0 unspecified atom stereocenters. The number of hydrogen-bond donors (Lipinski definition) is 0. The molecule has 0 aromatic carbocycles. The number of rotatable bonds is 1. The van der Waals surface area contributed by atoms with Crippen molar-refractivity contribution in [2.24, 2.45) is 5.18 Å². The fourth-order valence-electron chi connectivity index (χ4n) is 0.464. The fraction of sp³-hybridized carbons (Fsp3) is 0.200. The highest BCUT2D eigenvalue weighted by Crippen LogP contribution is 2.13. The molecule has 1 rings (SSSR count). The first-order chi connectivity index (χ1) is 3.83. The molecule has 0 spiro atoms. The van der Waals surface area contributed by atoms with Gasteiger partial charge in [-0.3, -0.25) is 0 Å². The zero-order valence-corrected chi connectivity index (χ0v) is 4.42. The molecule has 0 saturated carbocycles.